The highest BCUT2D eigenvalue weighted by Crippen LogP contribution is 2.64. The molecule has 0 atom stereocenters. The van der Waals surface area contributed by atoms with Crippen molar-refractivity contribution in [1.29, 1.82) is 0 Å². The van der Waals surface area contributed by atoms with Crippen LogP contribution in [0.25, 0.3) is 0 Å². The highest BCUT2D eigenvalue weighted by atomic mass is 14.6. The van der Waals surface area contributed by atoms with E-state index in [0.717, 1.165) is 0 Å². The van der Waals surface area contributed by atoms with Crippen molar-refractivity contribution in [3.8, 4) is 0 Å². The van der Waals surface area contributed by atoms with Crippen LogP contribution in [-0.2, 0) is 12.8 Å². The first-order chi connectivity index (χ1) is 7.19. The Kier molecular flexibility index (Phi) is 1.81. The quantitative estimate of drug-likeness (QED) is 0.677. The first-order valence-electron chi connectivity index (χ1n) is 6.26. The highest BCUT2D eigenvalue weighted by Gasteiger charge is 2.56. The SMILES string of the molecule is CCC1(C2(C)CC2)Cc2ccccc2C1. The third-order valence-corrected chi connectivity index (χ3v) is 5.13. The summed E-state index contributed by atoms with van der Waals surface area (Å²) in [5.41, 5.74) is 4.48. The molecule has 2 aliphatic carbocycles. The molecule has 1 aromatic rings. The highest BCUT2D eigenvalue weighted by molar-refractivity contribution is 5.36. The molecule has 0 aliphatic heterocycles. The third-order valence-electron chi connectivity index (χ3n) is 5.13. The van der Waals surface area contributed by atoms with Crippen LogP contribution in [0.1, 0.15) is 44.2 Å². The molecule has 1 saturated carbocycles. The number of hydrogen-bond acceptors (Lipinski definition) is 0. The van der Waals surface area contributed by atoms with Crippen LogP contribution in [0.15, 0.2) is 24.3 Å². The molecule has 0 heteroatoms. The normalized spacial score (nSPS) is 24.9. The van der Waals surface area contributed by atoms with Gasteiger partial charge in [-0.3, -0.25) is 0 Å². The molecule has 15 heavy (non-hydrogen) atoms. The van der Waals surface area contributed by atoms with Crippen molar-refractivity contribution in [3.63, 3.8) is 0 Å². The molecule has 0 unspecified atom stereocenters. The lowest BCUT2D eigenvalue weighted by Crippen LogP contribution is -2.30. The molecule has 0 radical (unpaired) electrons. The van der Waals surface area contributed by atoms with E-state index in [1.54, 1.807) is 11.1 Å². The molecule has 0 bridgehead atoms. The van der Waals surface area contributed by atoms with Crippen molar-refractivity contribution < 1.29 is 0 Å². The second-order valence-electron chi connectivity index (χ2n) is 5.82. The fourth-order valence-electron chi connectivity index (χ4n) is 3.52. The van der Waals surface area contributed by atoms with E-state index in [1.165, 1.54) is 32.1 Å². The molecule has 0 saturated heterocycles. The Morgan fingerprint density at radius 3 is 2.00 bits per heavy atom. The zero-order valence-corrected chi connectivity index (χ0v) is 9.84. The first kappa shape index (κ1) is 9.45. The Morgan fingerprint density at radius 1 is 1.07 bits per heavy atom. The van der Waals surface area contributed by atoms with Crippen LogP contribution >= 0.6 is 0 Å². The molecule has 1 aromatic carbocycles. The number of hydrogen-bond donors (Lipinski definition) is 0. The molecule has 0 heterocycles. The van der Waals surface area contributed by atoms with Gasteiger partial charge in [-0.2, -0.15) is 0 Å². The molecule has 2 aliphatic rings. The van der Waals surface area contributed by atoms with Crippen molar-refractivity contribution in [1.82, 2.24) is 0 Å². The largest absolute Gasteiger partial charge is 0.0648 e. The van der Waals surface area contributed by atoms with E-state index in [2.05, 4.69) is 38.1 Å². The zero-order valence-electron chi connectivity index (χ0n) is 9.84. The summed E-state index contributed by atoms with van der Waals surface area (Å²) in [7, 11) is 0. The topological polar surface area (TPSA) is 0 Å². The van der Waals surface area contributed by atoms with E-state index < -0.39 is 0 Å². The van der Waals surface area contributed by atoms with Gasteiger partial charge in [0, 0.05) is 0 Å². The van der Waals surface area contributed by atoms with Gasteiger partial charge < -0.3 is 0 Å². The minimum absolute atomic E-state index is 0.594. The maximum Gasteiger partial charge on any atom is -0.0165 e. The summed E-state index contributed by atoms with van der Waals surface area (Å²) in [5, 5.41) is 0. The van der Waals surface area contributed by atoms with E-state index >= 15 is 0 Å². The van der Waals surface area contributed by atoms with Crippen LogP contribution in [-0.4, -0.2) is 0 Å². The second kappa shape index (κ2) is 2.87. The smallest absolute Gasteiger partial charge is 0.0165 e. The lowest BCUT2D eigenvalue weighted by atomic mass is 9.69. The summed E-state index contributed by atoms with van der Waals surface area (Å²) < 4.78 is 0. The van der Waals surface area contributed by atoms with Crippen molar-refractivity contribution in [3.05, 3.63) is 35.4 Å². The first-order valence-corrected chi connectivity index (χ1v) is 6.26. The number of fused-ring (bicyclic) bond motifs is 1. The Balaban J connectivity index is 1.99. The van der Waals surface area contributed by atoms with E-state index in [0.29, 0.717) is 10.8 Å². The Hall–Kier alpha value is -0.780. The van der Waals surface area contributed by atoms with Crippen LogP contribution in [0, 0.1) is 10.8 Å². The maximum atomic E-state index is 2.50. The average molecular weight is 200 g/mol. The van der Waals surface area contributed by atoms with Crippen LogP contribution < -0.4 is 0 Å². The van der Waals surface area contributed by atoms with Gasteiger partial charge in [-0.1, -0.05) is 38.1 Å². The van der Waals surface area contributed by atoms with Gasteiger partial charge in [0.15, 0.2) is 0 Å². The fraction of sp³-hybridized carbons (Fsp3) is 0.600. The van der Waals surface area contributed by atoms with Crippen LogP contribution in [0.5, 0.6) is 0 Å². The van der Waals surface area contributed by atoms with Crippen molar-refractivity contribution in [2.75, 3.05) is 0 Å². The zero-order chi connectivity index (χ0) is 10.5. The summed E-state index contributed by atoms with van der Waals surface area (Å²) in [6.45, 7) is 4.89. The lowest BCUT2D eigenvalue weighted by molar-refractivity contribution is 0.156. The molecular weight excluding hydrogens is 180 g/mol. The average Bonchev–Trinajstić information content (AvgIpc) is 2.89. The number of benzene rings is 1. The van der Waals surface area contributed by atoms with Crippen molar-refractivity contribution >= 4 is 0 Å². The molecule has 0 nitrogen and oxygen atoms in total. The van der Waals surface area contributed by atoms with Gasteiger partial charge in [0.2, 0.25) is 0 Å². The van der Waals surface area contributed by atoms with E-state index in [9.17, 15) is 0 Å². The second-order valence-corrected chi connectivity index (χ2v) is 5.82. The van der Waals surface area contributed by atoms with Crippen molar-refractivity contribution in [2.45, 2.75) is 46.0 Å². The van der Waals surface area contributed by atoms with Crippen LogP contribution in [0.2, 0.25) is 0 Å². The van der Waals surface area contributed by atoms with Gasteiger partial charge in [0.25, 0.3) is 0 Å². The van der Waals surface area contributed by atoms with Crippen LogP contribution in [0.4, 0.5) is 0 Å². The summed E-state index contributed by atoms with van der Waals surface area (Å²) >= 11 is 0. The summed E-state index contributed by atoms with van der Waals surface area (Å²) in [5.74, 6) is 0. The molecular formula is C15H20. The van der Waals surface area contributed by atoms with E-state index in [4.69, 9.17) is 0 Å². The fourth-order valence-corrected chi connectivity index (χ4v) is 3.52. The maximum absolute atomic E-state index is 2.50. The van der Waals surface area contributed by atoms with Gasteiger partial charge >= 0.3 is 0 Å². The Morgan fingerprint density at radius 2 is 1.60 bits per heavy atom. The summed E-state index contributed by atoms with van der Waals surface area (Å²) in [6, 6.07) is 9.05. The number of rotatable bonds is 2. The van der Waals surface area contributed by atoms with Gasteiger partial charge in [-0.25, -0.2) is 0 Å². The molecule has 3 rings (SSSR count). The molecule has 0 spiro atoms. The molecule has 0 N–H and O–H groups in total. The van der Waals surface area contributed by atoms with Crippen molar-refractivity contribution in [2.24, 2.45) is 10.8 Å². The standard InChI is InChI=1S/C15H20/c1-3-15(14(2)8-9-14)10-12-6-4-5-7-13(12)11-15/h4-7H,3,8-11H2,1-2H3. The Bertz CT molecular complexity index is 360. The van der Waals surface area contributed by atoms with Gasteiger partial charge in [-0.05, 0) is 54.1 Å². The molecule has 80 valence electrons. The molecule has 0 amide bonds. The predicted octanol–water partition coefficient (Wildman–Crippen LogP) is 3.98. The third kappa shape index (κ3) is 1.20. The summed E-state index contributed by atoms with van der Waals surface area (Å²) in [6.07, 6.45) is 6.91. The summed E-state index contributed by atoms with van der Waals surface area (Å²) in [4.78, 5) is 0. The monoisotopic (exact) mass is 200 g/mol. The molecule has 0 aromatic heterocycles. The van der Waals surface area contributed by atoms with Gasteiger partial charge in [-0.15, -0.1) is 0 Å². The lowest BCUT2D eigenvalue weighted by Gasteiger charge is -2.35. The predicted molar refractivity (Wildman–Crippen MR) is 63.9 cm³/mol. The van der Waals surface area contributed by atoms with Crippen LogP contribution in [0.3, 0.4) is 0 Å². The minimum Gasteiger partial charge on any atom is -0.0648 e. The minimum atomic E-state index is 0.594. The van der Waals surface area contributed by atoms with E-state index in [-0.39, 0.29) is 0 Å². The molecule has 1 fully saturated rings. The Labute approximate surface area is 92.7 Å². The van der Waals surface area contributed by atoms with E-state index in [1.807, 2.05) is 0 Å². The van der Waals surface area contributed by atoms with Gasteiger partial charge in [0.1, 0.15) is 0 Å². The van der Waals surface area contributed by atoms with Gasteiger partial charge in [0.05, 0.1) is 0 Å².